The first-order valence-corrected chi connectivity index (χ1v) is 7.34. The maximum absolute atomic E-state index is 12.4. The van der Waals surface area contributed by atoms with E-state index < -0.39 is 12.1 Å². The number of aliphatic carboxylic acids is 1. The van der Waals surface area contributed by atoms with Crippen molar-refractivity contribution in [2.45, 2.75) is 32.5 Å². The van der Waals surface area contributed by atoms with E-state index in [1.807, 2.05) is 38.1 Å². The van der Waals surface area contributed by atoms with Crippen molar-refractivity contribution in [3.63, 3.8) is 0 Å². The molecule has 0 saturated carbocycles. The number of amides is 1. The van der Waals surface area contributed by atoms with Gasteiger partial charge >= 0.3 is 5.97 Å². The fraction of sp³-hybridized carbons (Fsp3) is 0.500. The summed E-state index contributed by atoms with van der Waals surface area (Å²) in [5, 5.41) is 8.99. The second-order valence-corrected chi connectivity index (χ2v) is 5.49. The van der Waals surface area contributed by atoms with Crippen LogP contribution in [0.1, 0.15) is 19.4 Å². The molecule has 0 bridgehead atoms. The lowest BCUT2D eigenvalue weighted by Crippen LogP contribution is -2.49. The van der Waals surface area contributed by atoms with E-state index in [2.05, 4.69) is 0 Å². The van der Waals surface area contributed by atoms with Gasteiger partial charge in [0, 0.05) is 12.1 Å². The highest BCUT2D eigenvalue weighted by Gasteiger charge is 2.29. The molecule has 1 aliphatic heterocycles. The Labute approximate surface area is 129 Å². The van der Waals surface area contributed by atoms with Crippen molar-refractivity contribution in [3.05, 3.63) is 29.8 Å². The van der Waals surface area contributed by atoms with Gasteiger partial charge in [0.05, 0.1) is 25.7 Å². The molecule has 6 heteroatoms. The van der Waals surface area contributed by atoms with Gasteiger partial charge in [-0.15, -0.1) is 0 Å². The molecular formula is C16H21NO5. The van der Waals surface area contributed by atoms with Crippen molar-refractivity contribution < 1.29 is 24.2 Å². The molecule has 6 nitrogen and oxygen atoms in total. The summed E-state index contributed by atoms with van der Waals surface area (Å²) in [4.78, 5) is 24.9. The summed E-state index contributed by atoms with van der Waals surface area (Å²) in [6.07, 6.45) is -0.731. The largest absolute Gasteiger partial charge is 0.491 e. The van der Waals surface area contributed by atoms with Gasteiger partial charge in [-0.1, -0.05) is 18.2 Å². The number of carboxylic acid groups (broad SMARTS) is 1. The predicted molar refractivity (Wildman–Crippen MR) is 79.9 cm³/mol. The second kappa shape index (κ2) is 7.26. The lowest BCUT2D eigenvalue weighted by atomic mass is 10.1. The van der Waals surface area contributed by atoms with Crippen molar-refractivity contribution in [3.8, 4) is 5.75 Å². The van der Waals surface area contributed by atoms with Crippen LogP contribution in [-0.4, -0.2) is 53.8 Å². The average Bonchev–Trinajstić information content (AvgIpc) is 2.49. The highest BCUT2D eigenvalue weighted by Crippen LogP contribution is 2.21. The molecule has 1 aromatic rings. The third-order valence-corrected chi connectivity index (χ3v) is 3.37. The zero-order valence-corrected chi connectivity index (χ0v) is 12.8. The molecule has 0 spiro atoms. The molecule has 1 fully saturated rings. The van der Waals surface area contributed by atoms with Crippen LogP contribution < -0.4 is 4.74 Å². The maximum Gasteiger partial charge on any atom is 0.334 e. The van der Waals surface area contributed by atoms with Crippen LogP contribution in [0, 0.1) is 0 Å². The van der Waals surface area contributed by atoms with Crippen molar-refractivity contribution in [1.82, 2.24) is 4.90 Å². The molecule has 0 radical (unpaired) electrons. The van der Waals surface area contributed by atoms with E-state index in [4.69, 9.17) is 14.6 Å². The van der Waals surface area contributed by atoms with Gasteiger partial charge in [0.25, 0.3) is 0 Å². The Bertz CT molecular complexity index is 543. The Morgan fingerprint density at radius 2 is 2.14 bits per heavy atom. The van der Waals surface area contributed by atoms with Crippen molar-refractivity contribution in [1.29, 1.82) is 0 Å². The molecule has 1 heterocycles. The van der Waals surface area contributed by atoms with E-state index in [1.54, 1.807) is 0 Å². The first-order chi connectivity index (χ1) is 10.5. The molecule has 1 aromatic carbocycles. The molecule has 1 amide bonds. The Kier molecular flexibility index (Phi) is 5.38. The molecule has 1 saturated heterocycles. The molecule has 2 rings (SSSR count). The quantitative estimate of drug-likeness (QED) is 0.888. The van der Waals surface area contributed by atoms with Gasteiger partial charge in [0.15, 0.2) is 6.10 Å². The number of carbonyl (C=O) groups excluding carboxylic acids is 1. The zero-order chi connectivity index (χ0) is 16.1. The number of para-hydroxylation sites is 1. The number of carbonyl (C=O) groups is 2. The number of hydrogen-bond acceptors (Lipinski definition) is 4. The third-order valence-electron chi connectivity index (χ3n) is 3.37. The number of rotatable bonds is 5. The molecule has 1 aliphatic rings. The van der Waals surface area contributed by atoms with Crippen LogP contribution in [0.4, 0.5) is 0 Å². The van der Waals surface area contributed by atoms with Crippen LogP contribution in [0.5, 0.6) is 5.75 Å². The number of ether oxygens (including phenoxy) is 2. The normalized spacial score (nSPS) is 18.3. The average molecular weight is 307 g/mol. The molecule has 0 aromatic heterocycles. The summed E-state index contributed by atoms with van der Waals surface area (Å²) in [5.41, 5.74) is 0.805. The highest BCUT2D eigenvalue weighted by molar-refractivity contribution is 5.81. The monoisotopic (exact) mass is 307 g/mol. The first-order valence-electron chi connectivity index (χ1n) is 7.34. The molecular weight excluding hydrogens is 286 g/mol. The van der Waals surface area contributed by atoms with Crippen LogP contribution in [-0.2, 0) is 20.7 Å². The molecule has 0 aliphatic carbocycles. The van der Waals surface area contributed by atoms with E-state index in [-0.39, 0.29) is 31.6 Å². The zero-order valence-electron chi connectivity index (χ0n) is 12.8. The maximum atomic E-state index is 12.4. The standard InChI is InChI=1S/C16H21NO5/c1-11(2)22-13-6-4-3-5-12(13)9-15(18)17-7-8-21-14(10-17)16(19)20/h3-6,11,14H,7-10H2,1-2H3,(H,19,20)/t14-/m0/s1. The summed E-state index contributed by atoms with van der Waals surface area (Å²) in [6.45, 7) is 4.60. The summed E-state index contributed by atoms with van der Waals surface area (Å²) >= 11 is 0. The van der Waals surface area contributed by atoms with Gasteiger partial charge in [0.2, 0.25) is 5.91 Å². The number of hydrogen-bond donors (Lipinski definition) is 1. The minimum atomic E-state index is -1.04. The number of benzene rings is 1. The Morgan fingerprint density at radius 3 is 2.82 bits per heavy atom. The van der Waals surface area contributed by atoms with Gasteiger partial charge in [-0.3, -0.25) is 4.79 Å². The van der Waals surface area contributed by atoms with Crippen LogP contribution in [0.2, 0.25) is 0 Å². The predicted octanol–water partition coefficient (Wildman–Crippen LogP) is 1.33. The Morgan fingerprint density at radius 1 is 1.41 bits per heavy atom. The SMILES string of the molecule is CC(C)Oc1ccccc1CC(=O)N1CCO[C@H](C(=O)O)C1. The minimum absolute atomic E-state index is 0.0241. The Balaban J connectivity index is 2.04. The van der Waals surface area contributed by atoms with E-state index >= 15 is 0 Å². The van der Waals surface area contributed by atoms with Crippen LogP contribution in [0.15, 0.2) is 24.3 Å². The number of nitrogens with zero attached hydrogens (tertiary/aromatic N) is 1. The Hall–Kier alpha value is -2.08. The number of carboxylic acids is 1. The van der Waals surface area contributed by atoms with Crippen LogP contribution in [0.25, 0.3) is 0 Å². The molecule has 22 heavy (non-hydrogen) atoms. The highest BCUT2D eigenvalue weighted by atomic mass is 16.5. The third kappa shape index (κ3) is 4.21. The first kappa shape index (κ1) is 16.3. The van der Waals surface area contributed by atoms with Crippen molar-refractivity contribution in [2.24, 2.45) is 0 Å². The molecule has 1 N–H and O–H groups in total. The van der Waals surface area contributed by atoms with Crippen LogP contribution >= 0.6 is 0 Å². The van der Waals surface area contributed by atoms with Crippen molar-refractivity contribution in [2.75, 3.05) is 19.7 Å². The summed E-state index contributed by atoms with van der Waals surface area (Å²) in [7, 11) is 0. The fourth-order valence-electron chi connectivity index (χ4n) is 2.32. The van der Waals surface area contributed by atoms with Crippen molar-refractivity contribution >= 4 is 11.9 Å². The summed E-state index contributed by atoms with van der Waals surface area (Å²) in [6, 6.07) is 7.41. The fourth-order valence-corrected chi connectivity index (χ4v) is 2.32. The van der Waals surface area contributed by atoms with E-state index in [9.17, 15) is 9.59 Å². The second-order valence-electron chi connectivity index (χ2n) is 5.49. The lowest BCUT2D eigenvalue weighted by Gasteiger charge is -2.31. The van der Waals surface area contributed by atoms with Gasteiger partial charge in [-0.05, 0) is 19.9 Å². The lowest BCUT2D eigenvalue weighted by molar-refractivity contribution is -0.159. The van der Waals surface area contributed by atoms with Gasteiger partial charge in [0.1, 0.15) is 5.75 Å². The van der Waals surface area contributed by atoms with Gasteiger partial charge in [-0.2, -0.15) is 0 Å². The van der Waals surface area contributed by atoms with Crippen LogP contribution in [0.3, 0.4) is 0 Å². The molecule has 1 atom stereocenters. The van der Waals surface area contributed by atoms with Gasteiger partial charge < -0.3 is 19.5 Å². The number of morpholine rings is 1. The molecule has 0 unspecified atom stereocenters. The summed E-state index contributed by atoms with van der Waals surface area (Å²) in [5.74, 6) is -0.468. The van der Waals surface area contributed by atoms with E-state index in [0.717, 1.165) is 5.56 Å². The smallest absolute Gasteiger partial charge is 0.334 e. The topological polar surface area (TPSA) is 76.1 Å². The molecule has 120 valence electrons. The minimum Gasteiger partial charge on any atom is -0.491 e. The summed E-state index contributed by atoms with van der Waals surface area (Å²) < 4.78 is 10.8. The van der Waals surface area contributed by atoms with E-state index in [1.165, 1.54) is 4.90 Å². The van der Waals surface area contributed by atoms with Gasteiger partial charge in [-0.25, -0.2) is 4.79 Å². The van der Waals surface area contributed by atoms with E-state index in [0.29, 0.717) is 12.3 Å².